The maximum absolute atomic E-state index is 8.66. The summed E-state index contributed by atoms with van der Waals surface area (Å²) in [4.78, 5) is 1.62. The molecule has 10 heavy (non-hydrogen) atoms. The topological polar surface area (TPSA) is 36.6 Å². The van der Waals surface area contributed by atoms with Gasteiger partial charge in [0.15, 0.2) is 5.88 Å². The van der Waals surface area contributed by atoms with Gasteiger partial charge in [-0.1, -0.05) is 0 Å². The summed E-state index contributed by atoms with van der Waals surface area (Å²) in [5, 5.41) is 8.66. The Kier molecular flexibility index (Phi) is 1.97. The van der Waals surface area contributed by atoms with Crippen LogP contribution in [0.4, 0.5) is 5.88 Å². The third-order valence-electron chi connectivity index (χ3n) is 1.31. The maximum Gasteiger partial charge on any atom is 0.197 e. The lowest BCUT2D eigenvalue weighted by molar-refractivity contribution is 0.290. The van der Waals surface area contributed by atoms with Gasteiger partial charge in [0, 0.05) is 13.1 Å². The number of nitrogens with zero attached hydrogens (tertiary/aromatic N) is 1. The van der Waals surface area contributed by atoms with E-state index in [4.69, 9.17) is 9.52 Å². The molecule has 0 radical (unpaired) electrons. The molecule has 1 rings (SSSR count). The SMILES string of the molecule is Cc1ccc(N(C)CO)o1. The predicted molar refractivity (Wildman–Crippen MR) is 38.9 cm³/mol. The summed E-state index contributed by atoms with van der Waals surface area (Å²) in [6.07, 6.45) is 0. The zero-order chi connectivity index (χ0) is 7.56. The van der Waals surface area contributed by atoms with Gasteiger partial charge < -0.3 is 14.4 Å². The molecule has 0 fully saturated rings. The highest BCUT2D eigenvalue weighted by atomic mass is 16.4. The average molecular weight is 141 g/mol. The first-order valence-corrected chi connectivity index (χ1v) is 3.12. The summed E-state index contributed by atoms with van der Waals surface area (Å²) < 4.78 is 5.20. The number of rotatable bonds is 2. The van der Waals surface area contributed by atoms with Crippen molar-refractivity contribution in [3.63, 3.8) is 0 Å². The number of aliphatic hydroxyl groups is 1. The van der Waals surface area contributed by atoms with E-state index in [0.717, 1.165) is 5.76 Å². The van der Waals surface area contributed by atoms with Gasteiger partial charge in [-0.3, -0.25) is 0 Å². The van der Waals surface area contributed by atoms with Crippen molar-refractivity contribution in [3.8, 4) is 0 Å². The van der Waals surface area contributed by atoms with Gasteiger partial charge in [0.25, 0.3) is 0 Å². The Balaban J connectivity index is 2.74. The van der Waals surface area contributed by atoms with Crippen molar-refractivity contribution >= 4 is 5.88 Å². The van der Waals surface area contributed by atoms with E-state index in [0.29, 0.717) is 5.88 Å². The monoisotopic (exact) mass is 141 g/mol. The number of hydrogen-bond acceptors (Lipinski definition) is 3. The number of aryl methyl sites for hydroxylation is 1. The van der Waals surface area contributed by atoms with Gasteiger partial charge in [0.1, 0.15) is 12.5 Å². The molecule has 1 heterocycles. The molecule has 56 valence electrons. The summed E-state index contributed by atoms with van der Waals surface area (Å²) in [5.74, 6) is 1.55. The molecule has 0 saturated heterocycles. The smallest absolute Gasteiger partial charge is 0.197 e. The predicted octanol–water partition coefficient (Wildman–Crippen LogP) is 0.974. The lowest BCUT2D eigenvalue weighted by Crippen LogP contribution is -2.16. The fraction of sp³-hybridized carbons (Fsp3) is 0.429. The van der Waals surface area contributed by atoms with Crippen LogP contribution in [0.25, 0.3) is 0 Å². The number of anilines is 1. The number of furan rings is 1. The average Bonchev–Trinajstić information content (AvgIpc) is 2.34. The molecule has 0 unspecified atom stereocenters. The van der Waals surface area contributed by atoms with Gasteiger partial charge in [-0.05, 0) is 13.0 Å². The van der Waals surface area contributed by atoms with Crippen LogP contribution < -0.4 is 4.90 Å². The molecule has 3 heteroatoms. The Bertz CT molecular complexity index is 207. The minimum atomic E-state index is -0.0209. The van der Waals surface area contributed by atoms with E-state index in [1.165, 1.54) is 0 Å². The molecule has 0 aliphatic heterocycles. The molecule has 0 saturated carbocycles. The second-order valence-electron chi connectivity index (χ2n) is 2.22. The van der Waals surface area contributed by atoms with E-state index in [2.05, 4.69) is 0 Å². The third-order valence-corrected chi connectivity index (χ3v) is 1.31. The minimum absolute atomic E-state index is 0.0209. The van der Waals surface area contributed by atoms with E-state index in [1.54, 1.807) is 11.9 Å². The first-order valence-electron chi connectivity index (χ1n) is 3.12. The highest BCUT2D eigenvalue weighted by molar-refractivity contribution is 5.34. The van der Waals surface area contributed by atoms with Crippen LogP contribution in [0.2, 0.25) is 0 Å². The van der Waals surface area contributed by atoms with Crippen molar-refractivity contribution in [2.75, 3.05) is 18.7 Å². The highest BCUT2D eigenvalue weighted by Gasteiger charge is 2.01. The van der Waals surface area contributed by atoms with Crippen molar-refractivity contribution in [1.29, 1.82) is 0 Å². The van der Waals surface area contributed by atoms with E-state index < -0.39 is 0 Å². The number of aliphatic hydroxyl groups excluding tert-OH is 1. The molecule has 0 spiro atoms. The third kappa shape index (κ3) is 1.30. The Morgan fingerprint density at radius 2 is 2.30 bits per heavy atom. The van der Waals surface area contributed by atoms with Gasteiger partial charge in [0.2, 0.25) is 0 Å². The molecule has 0 aliphatic carbocycles. The lowest BCUT2D eigenvalue weighted by Gasteiger charge is -2.10. The molecular formula is C7H11NO2. The molecule has 1 aromatic heterocycles. The standard InChI is InChI=1S/C7H11NO2/c1-6-3-4-7(10-6)8(2)5-9/h3-4,9H,5H2,1-2H3. The summed E-state index contributed by atoms with van der Waals surface area (Å²) in [5.41, 5.74) is 0. The van der Waals surface area contributed by atoms with Crippen molar-refractivity contribution < 1.29 is 9.52 Å². The molecule has 0 aromatic carbocycles. The van der Waals surface area contributed by atoms with Crippen molar-refractivity contribution in [2.45, 2.75) is 6.92 Å². The van der Waals surface area contributed by atoms with Crippen LogP contribution in [-0.4, -0.2) is 18.9 Å². The quantitative estimate of drug-likeness (QED) is 0.623. The summed E-state index contributed by atoms with van der Waals surface area (Å²) in [6.45, 7) is 1.85. The Morgan fingerprint density at radius 3 is 2.70 bits per heavy atom. The molecule has 0 bridgehead atoms. The van der Waals surface area contributed by atoms with Crippen LogP contribution in [0.15, 0.2) is 16.5 Å². The van der Waals surface area contributed by atoms with Gasteiger partial charge in [-0.2, -0.15) is 0 Å². The van der Waals surface area contributed by atoms with Gasteiger partial charge in [-0.25, -0.2) is 0 Å². The summed E-state index contributed by atoms with van der Waals surface area (Å²) in [6, 6.07) is 3.69. The summed E-state index contributed by atoms with van der Waals surface area (Å²) in [7, 11) is 1.76. The molecule has 3 nitrogen and oxygen atoms in total. The van der Waals surface area contributed by atoms with E-state index in [9.17, 15) is 0 Å². The van der Waals surface area contributed by atoms with Crippen LogP contribution in [0.1, 0.15) is 5.76 Å². The van der Waals surface area contributed by atoms with Gasteiger partial charge in [0.05, 0.1) is 0 Å². The second kappa shape index (κ2) is 2.75. The second-order valence-corrected chi connectivity index (χ2v) is 2.22. The fourth-order valence-corrected chi connectivity index (χ4v) is 0.696. The van der Waals surface area contributed by atoms with Crippen LogP contribution in [0, 0.1) is 6.92 Å². The molecular weight excluding hydrogens is 130 g/mol. The van der Waals surface area contributed by atoms with Gasteiger partial charge in [-0.15, -0.1) is 0 Å². The maximum atomic E-state index is 8.66. The highest BCUT2D eigenvalue weighted by Crippen LogP contribution is 2.14. The Labute approximate surface area is 59.9 Å². The van der Waals surface area contributed by atoms with Gasteiger partial charge >= 0.3 is 0 Å². The zero-order valence-electron chi connectivity index (χ0n) is 6.16. The van der Waals surface area contributed by atoms with Crippen molar-refractivity contribution in [3.05, 3.63) is 17.9 Å². The lowest BCUT2D eigenvalue weighted by atomic mass is 10.5. The minimum Gasteiger partial charge on any atom is -0.446 e. The molecule has 0 aliphatic rings. The first kappa shape index (κ1) is 7.15. The number of hydrogen-bond donors (Lipinski definition) is 1. The van der Waals surface area contributed by atoms with E-state index >= 15 is 0 Å². The molecule has 1 N–H and O–H groups in total. The Morgan fingerprint density at radius 1 is 1.60 bits per heavy atom. The van der Waals surface area contributed by atoms with Crippen LogP contribution in [0.3, 0.4) is 0 Å². The first-order chi connectivity index (χ1) is 4.74. The summed E-state index contributed by atoms with van der Waals surface area (Å²) >= 11 is 0. The van der Waals surface area contributed by atoms with E-state index in [1.807, 2.05) is 19.1 Å². The Hall–Kier alpha value is -0.960. The van der Waals surface area contributed by atoms with Crippen LogP contribution >= 0.6 is 0 Å². The van der Waals surface area contributed by atoms with Crippen molar-refractivity contribution in [1.82, 2.24) is 0 Å². The molecule has 1 aromatic rings. The largest absolute Gasteiger partial charge is 0.446 e. The normalized spacial score (nSPS) is 9.90. The van der Waals surface area contributed by atoms with Crippen molar-refractivity contribution in [2.24, 2.45) is 0 Å². The molecule has 0 amide bonds. The zero-order valence-corrected chi connectivity index (χ0v) is 6.16. The van der Waals surface area contributed by atoms with E-state index in [-0.39, 0.29) is 6.73 Å². The fourth-order valence-electron chi connectivity index (χ4n) is 0.696. The molecule has 0 atom stereocenters. The van der Waals surface area contributed by atoms with Crippen LogP contribution in [0.5, 0.6) is 0 Å². The van der Waals surface area contributed by atoms with Crippen LogP contribution in [-0.2, 0) is 0 Å².